The Balaban J connectivity index is 1.16. The van der Waals surface area contributed by atoms with Gasteiger partial charge in [0.25, 0.3) is 0 Å². The molecule has 3 nitrogen and oxygen atoms in total. The quantitative estimate of drug-likeness (QED) is 0.321. The molecular formula is C36H55NO2. The molecule has 0 aliphatic heterocycles. The van der Waals surface area contributed by atoms with E-state index in [1.165, 1.54) is 63.4 Å². The SMILES string of the molecule is CC(C)CCC[C@@H](C)C1CCC2[C@@H]3CC=C4C[C@@H](OC(=O)NCCc5ccccc5)CC[C@]4(C)C3CC[C@@]21C. The van der Waals surface area contributed by atoms with Crippen LogP contribution in [0.25, 0.3) is 0 Å². The standard InChI is InChI=1S/C36H55NO2/c1-25(2)10-9-11-26(3)31-16-17-32-30-15-14-28-24-29(18-21-35(28,4)33(30)19-22-36(31,32)5)39-34(38)37-23-20-27-12-7-6-8-13-27/h6-8,12-14,25-26,29-33H,9-11,15-24H2,1-5H3,(H,37,38)/t26-,29+,30+,31?,32?,33?,35+,36-/m1/s1. The second-order valence-corrected chi connectivity index (χ2v) is 14.7. The molecule has 0 aromatic heterocycles. The topological polar surface area (TPSA) is 38.3 Å². The third-order valence-corrected chi connectivity index (χ3v) is 12.1. The fourth-order valence-corrected chi connectivity index (χ4v) is 9.90. The molecule has 3 fully saturated rings. The number of allylic oxidation sites excluding steroid dienone is 1. The Morgan fingerprint density at radius 1 is 1.00 bits per heavy atom. The summed E-state index contributed by atoms with van der Waals surface area (Å²) in [5.74, 6) is 5.17. The number of hydrogen-bond donors (Lipinski definition) is 1. The van der Waals surface area contributed by atoms with Gasteiger partial charge in [-0.1, -0.05) is 95.9 Å². The fraction of sp³-hybridized carbons (Fsp3) is 0.750. The smallest absolute Gasteiger partial charge is 0.407 e. The van der Waals surface area contributed by atoms with Crippen LogP contribution in [-0.2, 0) is 11.2 Å². The molecule has 3 saturated carbocycles. The molecule has 0 bridgehead atoms. The first-order valence-corrected chi connectivity index (χ1v) is 16.4. The van der Waals surface area contributed by atoms with E-state index in [0.717, 1.165) is 54.8 Å². The number of benzene rings is 1. The predicted molar refractivity (Wildman–Crippen MR) is 161 cm³/mol. The van der Waals surface area contributed by atoms with E-state index in [1.807, 2.05) is 18.2 Å². The van der Waals surface area contributed by atoms with E-state index >= 15 is 0 Å². The minimum absolute atomic E-state index is 0.0222. The van der Waals surface area contributed by atoms with Crippen LogP contribution in [0, 0.1) is 46.3 Å². The van der Waals surface area contributed by atoms with Crippen molar-refractivity contribution in [2.75, 3.05) is 6.54 Å². The van der Waals surface area contributed by atoms with Gasteiger partial charge in [-0.25, -0.2) is 4.79 Å². The van der Waals surface area contributed by atoms with E-state index in [1.54, 1.807) is 5.57 Å². The molecule has 4 aliphatic carbocycles. The summed E-state index contributed by atoms with van der Waals surface area (Å²) in [6.07, 6.45) is 17.5. The maximum absolute atomic E-state index is 12.6. The minimum Gasteiger partial charge on any atom is -0.446 e. The highest BCUT2D eigenvalue weighted by molar-refractivity contribution is 5.67. The number of hydrogen-bond acceptors (Lipinski definition) is 2. The van der Waals surface area contributed by atoms with Crippen molar-refractivity contribution >= 4 is 6.09 Å². The van der Waals surface area contributed by atoms with Crippen molar-refractivity contribution in [1.29, 1.82) is 0 Å². The highest BCUT2D eigenvalue weighted by atomic mass is 16.6. The molecule has 8 atom stereocenters. The number of nitrogens with one attached hydrogen (secondary N) is 1. The van der Waals surface area contributed by atoms with Crippen LogP contribution in [0.1, 0.15) is 111 Å². The summed E-state index contributed by atoms with van der Waals surface area (Å²) in [5, 5.41) is 2.99. The summed E-state index contributed by atoms with van der Waals surface area (Å²) in [4.78, 5) is 12.6. The Labute approximate surface area is 238 Å². The maximum Gasteiger partial charge on any atom is 0.407 e. The predicted octanol–water partition coefficient (Wildman–Crippen LogP) is 9.37. The van der Waals surface area contributed by atoms with Crippen molar-refractivity contribution in [2.45, 2.75) is 118 Å². The molecule has 1 aromatic carbocycles. The van der Waals surface area contributed by atoms with Crippen molar-refractivity contribution in [3.05, 3.63) is 47.5 Å². The van der Waals surface area contributed by atoms with Gasteiger partial charge in [-0.3, -0.25) is 0 Å². The summed E-state index contributed by atoms with van der Waals surface area (Å²) in [6, 6.07) is 10.3. The molecule has 3 heteroatoms. The number of amides is 1. The van der Waals surface area contributed by atoms with Crippen molar-refractivity contribution in [3.63, 3.8) is 0 Å². The average Bonchev–Trinajstić information content (AvgIpc) is 3.26. The minimum atomic E-state index is -0.248. The van der Waals surface area contributed by atoms with Crippen LogP contribution in [0.4, 0.5) is 4.79 Å². The normalized spacial score (nSPS) is 36.4. The summed E-state index contributed by atoms with van der Waals surface area (Å²) in [6.45, 7) is 13.2. The molecule has 4 aliphatic rings. The van der Waals surface area contributed by atoms with Crippen LogP contribution >= 0.6 is 0 Å². The zero-order valence-electron chi connectivity index (χ0n) is 25.5. The number of ether oxygens (including phenoxy) is 1. The third kappa shape index (κ3) is 5.98. The molecule has 3 unspecified atom stereocenters. The molecular weight excluding hydrogens is 478 g/mol. The van der Waals surface area contributed by atoms with E-state index in [2.05, 4.69) is 58.1 Å². The monoisotopic (exact) mass is 533 g/mol. The molecule has 39 heavy (non-hydrogen) atoms. The average molecular weight is 534 g/mol. The van der Waals surface area contributed by atoms with Crippen LogP contribution < -0.4 is 5.32 Å². The molecule has 1 amide bonds. The number of alkyl carbamates (subject to hydrolysis) is 1. The van der Waals surface area contributed by atoms with Crippen LogP contribution in [0.15, 0.2) is 42.0 Å². The first kappa shape index (κ1) is 28.7. The van der Waals surface area contributed by atoms with Gasteiger partial charge in [0.2, 0.25) is 0 Å². The van der Waals surface area contributed by atoms with Crippen molar-refractivity contribution < 1.29 is 9.53 Å². The lowest BCUT2D eigenvalue weighted by Gasteiger charge is -2.58. The third-order valence-electron chi connectivity index (χ3n) is 12.1. The lowest BCUT2D eigenvalue weighted by Crippen LogP contribution is -2.51. The van der Waals surface area contributed by atoms with Crippen LogP contribution in [0.3, 0.4) is 0 Å². The Morgan fingerprint density at radius 3 is 2.56 bits per heavy atom. The zero-order chi connectivity index (χ0) is 27.6. The molecule has 1 aromatic rings. The van der Waals surface area contributed by atoms with Crippen LogP contribution in [0.5, 0.6) is 0 Å². The van der Waals surface area contributed by atoms with Gasteiger partial charge in [-0.2, -0.15) is 0 Å². The molecule has 1 N–H and O–H groups in total. The fourth-order valence-electron chi connectivity index (χ4n) is 9.90. The van der Waals surface area contributed by atoms with Gasteiger partial charge in [-0.05, 0) is 103 Å². The molecule has 0 spiro atoms. The highest BCUT2D eigenvalue weighted by Crippen LogP contribution is 2.67. The van der Waals surface area contributed by atoms with E-state index in [-0.39, 0.29) is 12.2 Å². The lowest BCUT2D eigenvalue weighted by molar-refractivity contribution is -0.0581. The molecule has 0 radical (unpaired) electrons. The number of carbonyl (C=O) groups excluding carboxylic acids is 1. The van der Waals surface area contributed by atoms with Gasteiger partial charge < -0.3 is 10.1 Å². The first-order valence-electron chi connectivity index (χ1n) is 16.4. The zero-order valence-corrected chi connectivity index (χ0v) is 25.5. The Kier molecular flexibility index (Phi) is 8.84. The maximum atomic E-state index is 12.6. The van der Waals surface area contributed by atoms with Crippen molar-refractivity contribution in [3.8, 4) is 0 Å². The second kappa shape index (κ2) is 12.0. The van der Waals surface area contributed by atoms with Crippen LogP contribution in [0.2, 0.25) is 0 Å². The molecule has 0 heterocycles. The molecule has 5 rings (SSSR count). The van der Waals surface area contributed by atoms with Crippen molar-refractivity contribution in [2.24, 2.45) is 46.3 Å². The summed E-state index contributed by atoms with van der Waals surface area (Å²) >= 11 is 0. The lowest BCUT2D eigenvalue weighted by atomic mass is 9.47. The van der Waals surface area contributed by atoms with E-state index in [9.17, 15) is 4.79 Å². The van der Waals surface area contributed by atoms with E-state index < -0.39 is 0 Å². The summed E-state index contributed by atoms with van der Waals surface area (Å²) < 4.78 is 5.94. The summed E-state index contributed by atoms with van der Waals surface area (Å²) in [7, 11) is 0. The first-order chi connectivity index (χ1) is 18.7. The Hall–Kier alpha value is -1.77. The van der Waals surface area contributed by atoms with E-state index in [0.29, 0.717) is 17.4 Å². The van der Waals surface area contributed by atoms with Gasteiger partial charge in [0.05, 0.1) is 0 Å². The summed E-state index contributed by atoms with van der Waals surface area (Å²) in [5.41, 5.74) is 3.68. The Morgan fingerprint density at radius 2 is 1.79 bits per heavy atom. The molecule has 0 saturated heterocycles. The van der Waals surface area contributed by atoms with E-state index in [4.69, 9.17) is 4.74 Å². The second-order valence-electron chi connectivity index (χ2n) is 14.7. The van der Waals surface area contributed by atoms with Gasteiger partial charge >= 0.3 is 6.09 Å². The largest absolute Gasteiger partial charge is 0.446 e. The Bertz CT molecular complexity index is 1000. The highest BCUT2D eigenvalue weighted by Gasteiger charge is 2.59. The van der Waals surface area contributed by atoms with Gasteiger partial charge in [0.15, 0.2) is 0 Å². The van der Waals surface area contributed by atoms with Gasteiger partial charge in [0, 0.05) is 13.0 Å². The van der Waals surface area contributed by atoms with Crippen LogP contribution in [-0.4, -0.2) is 18.7 Å². The van der Waals surface area contributed by atoms with Gasteiger partial charge in [-0.15, -0.1) is 0 Å². The number of carbonyl (C=O) groups is 1. The number of rotatable bonds is 9. The van der Waals surface area contributed by atoms with Crippen molar-refractivity contribution in [1.82, 2.24) is 5.32 Å². The van der Waals surface area contributed by atoms with Gasteiger partial charge in [0.1, 0.15) is 6.10 Å². The molecule has 216 valence electrons. The number of fused-ring (bicyclic) bond motifs is 5.